The molecule has 1 aliphatic heterocycles. The Morgan fingerprint density at radius 2 is 1.90 bits per heavy atom. The molecule has 0 saturated carbocycles. The van der Waals surface area contributed by atoms with Crippen LogP contribution in [0.1, 0.15) is 12.8 Å². The normalized spacial score (nSPS) is 16.9. The summed E-state index contributed by atoms with van der Waals surface area (Å²) in [5.74, 6) is -0.268. The summed E-state index contributed by atoms with van der Waals surface area (Å²) in [5.41, 5.74) is 0.216. The number of piperidine rings is 1. The minimum atomic E-state index is -0.483. The number of hydrogen-bond acceptors (Lipinski definition) is 3. The fourth-order valence-corrected chi connectivity index (χ4v) is 2.74. The van der Waals surface area contributed by atoms with Crippen LogP contribution in [0, 0.1) is 11.2 Å². The van der Waals surface area contributed by atoms with Gasteiger partial charge in [0.25, 0.3) is 0 Å². The first-order valence-corrected chi connectivity index (χ1v) is 6.82. The van der Waals surface area contributed by atoms with Gasteiger partial charge >= 0.3 is 0 Å². The molecule has 118 valence electrons. The predicted molar refractivity (Wildman–Crippen MR) is 83.5 cm³/mol. The molecular formula is C15H22ClFN2O2. The lowest BCUT2D eigenvalue weighted by Gasteiger charge is -2.38. The molecule has 1 amide bonds. The van der Waals surface area contributed by atoms with Crippen molar-refractivity contribution in [2.75, 3.05) is 38.8 Å². The molecule has 0 unspecified atom stereocenters. The van der Waals surface area contributed by atoms with Crippen LogP contribution in [-0.2, 0) is 9.53 Å². The maximum atomic E-state index is 13.0. The third kappa shape index (κ3) is 3.93. The topological polar surface area (TPSA) is 41.6 Å². The molecule has 0 atom stereocenters. The molecule has 1 fully saturated rings. The summed E-state index contributed by atoms with van der Waals surface area (Å²) in [6.07, 6.45) is 1.51. The average molecular weight is 317 g/mol. The number of amides is 1. The maximum Gasteiger partial charge on any atom is 0.235 e. The molecule has 0 bridgehead atoms. The molecular weight excluding hydrogens is 295 g/mol. The summed E-state index contributed by atoms with van der Waals surface area (Å²) in [6, 6.07) is 5.97. The van der Waals surface area contributed by atoms with Crippen molar-refractivity contribution in [2.24, 2.45) is 5.41 Å². The van der Waals surface area contributed by atoms with Gasteiger partial charge in [0, 0.05) is 19.8 Å². The van der Waals surface area contributed by atoms with Crippen molar-refractivity contribution < 1.29 is 13.9 Å². The summed E-state index contributed by atoms with van der Waals surface area (Å²) < 4.78 is 18.2. The summed E-state index contributed by atoms with van der Waals surface area (Å²) >= 11 is 0. The second-order valence-corrected chi connectivity index (χ2v) is 5.30. The molecule has 2 rings (SSSR count). The number of hydrogen-bond donors (Lipinski definition) is 1. The van der Waals surface area contributed by atoms with Crippen molar-refractivity contribution in [1.82, 2.24) is 5.32 Å². The lowest BCUT2D eigenvalue weighted by molar-refractivity contribution is -0.133. The zero-order chi connectivity index (χ0) is 14.6. The number of carbonyl (C=O) groups is 1. The summed E-state index contributed by atoms with van der Waals surface area (Å²) in [6.45, 7) is 2.04. The SMILES string of the molecule is COCC1(C(=O)N(C)c2ccc(F)cc2)CCNCC1.Cl. The Balaban J connectivity index is 0.00000220. The van der Waals surface area contributed by atoms with Crippen LogP contribution >= 0.6 is 12.4 Å². The number of nitrogens with one attached hydrogen (secondary N) is 1. The van der Waals surface area contributed by atoms with E-state index in [4.69, 9.17) is 4.74 Å². The molecule has 1 aromatic carbocycles. The Kier molecular flexibility index (Phi) is 6.58. The van der Waals surface area contributed by atoms with E-state index in [0.29, 0.717) is 12.3 Å². The van der Waals surface area contributed by atoms with Crippen molar-refractivity contribution >= 4 is 24.0 Å². The first-order valence-electron chi connectivity index (χ1n) is 6.82. The quantitative estimate of drug-likeness (QED) is 0.926. The number of ether oxygens (including phenoxy) is 1. The van der Waals surface area contributed by atoms with Crippen LogP contribution in [0.4, 0.5) is 10.1 Å². The van der Waals surface area contributed by atoms with Gasteiger partial charge in [0.2, 0.25) is 5.91 Å². The number of anilines is 1. The lowest BCUT2D eigenvalue weighted by Crippen LogP contribution is -2.50. The highest BCUT2D eigenvalue weighted by Gasteiger charge is 2.41. The highest BCUT2D eigenvalue weighted by molar-refractivity contribution is 5.97. The van der Waals surface area contributed by atoms with Crippen LogP contribution in [0.5, 0.6) is 0 Å². The highest BCUT2D eigenvalue weighted by Crippen LogP contribution is 2.32. The van der Waals surface area contributed by atoms with Gasteiger partial charge in [0.15, 0.2) is 0 Å². The molecule has 1 saturated heterocycles. The first kappa shape index (κ1) is 17.9. The van der Waals surface area contributed by atoms with Gasteiger partial charge in [-0.15, -0.1) is 12.4 Å². The van der Waals surface area contributed by atoms with E-state index in [2.05, 4.69) is 5.32 Å². The standard InChI is InChI=1S/C15H21FN2O2.ClH/c1-18(13-5-3-12(16)4-6-13)14(19)15(11-20-2)7-9-17-10-8-15;/h3-6,17H,7-11H2,1-2H3;1H. The molecule has 0 aliphatic carbocycles. The Hall–Kier alpha value is -1.17. The number of halogens is 2. The molecule has 0 aromatic heterocycles. The van der Waals surface area contributed by atoms with Gasteiger partial charge in [0.05, 0.1) is 12.0 Å². The second kappa shape index (κ2) is 7.73. The van der Waals surface area contributed by atoms with Gasteiger partial charge in [-0.1, -0.05) is 0 Å². The Labute approximate surface area is 131 Å². The van der Waals surface area contributed by atoms with E-state index in [0.717, 1.165) is 25.9 Å². The van der Waals surface area contributed by atoms with Gasteiger partial charge in [-0.3, -0.25) is 4.79 Å². The summed E-state index contributed by atoms with van der Waals surface area (Å²) in [7, 11) is 3.35. The second-order valence-electron chi connectivity index (χ2n) is 5.30. The van der Waals surface area contributed by atoms with E-state index < -0.39 is 5.41 Å². The monoisotopic (exact) mass is 316 g/mol. The largest absolute Gasteiger partial charge is 0.384 e. The number of rotatable bonds is 4. The highest BCUT2D eigenvalue weighted by atomic mass is 35.5. The predicted octanol–water partition coefficient (Wildman–Crippen LogP) is 2.23. The van der Waals surface area contributed by atoms with Gasteiger partial charge in [0.1, 0.15) is 5.82 Å². The fraction of sp³-hybridized carbons (Fsp3) is 0.533. The molecule has 1 N–H and O–H groups in total. The minimum Gasteiger partial charge on any atom is -0.384 e. The molecule has 1 heterocycles. The molecule has 4 nitrogen and oxygen atoms in total. The Morgan fingerprint density at radius 1 is 1.33 bits per heavy atom. The Morgan fingerprint density at radius 3 is 2.43 bits per heavy atom. The number of carbonyl (C=O) groups excluding carboxylic acids is 1. The van der Waals surface area contributed by atoms with E-state index >= 15 is 0 Å². The van der Waals surface area contributed by atoms with E-state index in [-0.39, 0.29) is 24.1 Å². The van der Waals surface area contributed by atoms with E-state index in [1.165, 1.54) is 12.1 Å². The number of methoxy groups -OCH3 is 1. The zero-order valence-corrected chi connectivity index (χ0v) is 13.2. The van der Waals surface area contributed by atoms with Crippen molar-refractivity contribution in [3.05, 3.63) is 30.1 Å². The van der Waals surface area contributed by atoms with E-state index in [1.54, 1.807) is 31.2 Å². The van der Waals surface area contributed by atoms with Crippen LogP contribution in [-0.4, -0.2) is 39.8 Å². The average Bonchev–Trinajstić information content (AvgIpc) is 2.48. The minimum absolute atomic E-state index is 0. The molecule has 0 radical (unpaired) electrons. The van der Waals surface area contributed by atoms with Crippen LogP contribution in [0.15, 0.2) is 24.3 Å². The van der Waals surface area contributed by atoms with Crippen LogP contribution in [0.3, 0.4) is 0 Å². The maximum absolute atomic E-state index is 13.0. The van der Waals surface area contributed by atoms with Crippen molar-refractivity contribution in [3.8, 4) is 0 Å². The zero-order valence-electron chi connectivity index (χ0n) is 12.4. The van der Waals surface area contributed by atoms with Crippen LogP contribution in [0.2, 0.25) is 0 Å². The summed E-state index contributed by atoms with van der Waals surface area (Å²) in [5, 5.41) is 3.26. The molecule has 1 aromatic rings. The van der Waals surface area contributed by atoms with Crippen molar-refractivity contribution in [2.45, 2.75) is 12.8 Å². The molecule has 6 heteroatoms. The van der Waals surface area contributed by atoms with E-state index in [9.17, 15) is 9.18 Å². The van der Waals surface area contributed by atoms with Gasteiger partial charge < -0.3 is 15.0 Å². The number of nitrogens with zero attached hydrogens (tertiary/aromatic N) is 1. The summed E-state index contributed by atoms with van der Waals surface area (Å²) in [4.78, 5) is 14.4. The van der Waals surface area contributed by atoms with Crippen LogP contribution < -0.4 is 10.2 Å². The fourth-order valence-electron chi connectivity index (χ4n) is 2.74. The Bertz CT molecular complexity index is 456. The van der Waals surface area contributed by atoms with Crippen molar-refractivity contribution in [3.63, 3.8) is 0 Å². The molecule has 21 heavy (non-hydrogen) atoms. The van der Waals surface area contributed by atoms with Crippen molar-refractivity contribution in [1.29, 1.82) is 0 Å². The van der Waals surface area contributed by atoms with Crippen LogP contribution in [0.25, 0.3) is 0 Å². The lowest BCUT2D eigenvalue weighted by atomic mass is 9.78. The van der Waals surface area contributed by atoms with Gasteiger partial charge in [-0.25, -0.2) is 4.39 Å². The third-order valence-electron chi connectivity index (χ3n) is 3.95. The van der Waals surface area contributed by atoms with Gasteiger partial charge in [-0.2, -0.15) is 0 Å². The molecule has 1 aliphatic rings. The van der Waals surface area contributed by atoms with E-state index in [1.807, 2.05) is 0 Å². The third-order valence-corrected chi connectivity index (χ3v) is 3.95. The smallest absolute Gasteiger partial charge is 0.235 e. The number of benzene rings is 1. The molecule has 0 spiro atoms. The first-order chi connectivity index (χ1) is 9.59. The van der Waals surface area contributed by atoms with Gasteiger partial charge in [-0.05, 0) is 50.2 Å².